The van der Waals surface area contributed by atoms with Crippen LogP contribution in [-0.2, 0) is 6.18 Å². The number of anilines is 2. The maximum atomic E-state index is 13.6. The van der Waals surface area contributed by atoms with Crippen LogP contribution in [0.2, 0.25) is 0 Å². The van der Waals surface area contributed by atoms with Crippen LogP contribution in [0.5, 0.6) is 5.75 Å². The number of aromatic nitrogens is 4. The van der Waals surface area contributed by atoms with Crippen molar-refractivity contribution in [3.8, 4) is 27.6 Å². The topological polar surface area (TPSA) is 98.8 Å². The van der Waals surface area contributed by atoms with Crippen LogP contribution in [0.15, 0.2) is 24.0 Å². The van der Waals surface area contributed by atoms with Crippen molar-refractivity contribution in [2.45, 2.75) is 6.18 Å². The van der Waals surface area contributed by atoms with E-state index in [1.165, 1.54) is 37.8 Å². The summed E-state index contributed by atoms with van der Waals surface area (Å²) in [6, 6.07) is 1.53. The Kier molecular flexibility index (Phi) is 4.64. The molecule has 0 saturated heterocycles. The molecule has 0 unspecified atom stereocenters. The quantitative estimate of drug-likeness (QED) is 0.714. The maximum Gasteiger partial charge on any atom is 0.422 e. The van der Waals surface area contributed by atoms with Crippen molar-refractivity contribution < 1.29 is 17.9 Å². The highest BCUT2D eigenvalue weighted by atomic mass is 32.1. The first-order chi connectivity index (χ1) is 12.3. The molecule has 0 aliphatic carbocycles. The highest BCUT2D eigenvalue weighted by Gasteiger charge is 2.39. The van der Waals surface area contributed by atoms with Gasteiger partial charge >= 0.3 is 6.18 Å². The first-order valence-corrected chi connectivity index (χ1v) is 8.08. The van der Waals surface area contributed by atoms with Gasteiger partial charge in [-0.15, -0.1) is 11.3 Å². The Bertz CT molecular complexity index is 930. The number of nitrogens with two attached hydrogens (primary N) is 1. The van der Waals surface area contributed by atoms with Crippen molar-refractivity contribution >= 4 is 23.1 Å². The largest absolute Gasteiger partial charge is 0.496 e. The summed E-state index contributed by atoms with van der Waals surface area (Å²) in [5.74, 6) is -0.548. The molecule has 0 atom stereocenters. The second-order valence-electron chi connectivity index (χ2n) is 5.04. The van der Waals surface area contributed by atoms with Gasteiger partial charge in [-0.05, 0) is 0 Å². The van der Waals surface area contributed by atoms with E-state index < -0.39 is 23.3 Å². The SMILES string of the molecule is CNc1nc(N)nc(-c2cnc(-c3cncs3)cc2OC)c1C(F)(F)F. The van der Waals surface area contributed by atoms with E-state index in [1.807, 2.05) is 0 Å². The van der Waals surface area contributed by atoms with Gasteiger partial charge in [-0.3, -0.25) is 9.97 Å². The average Bonchev–Trinajstić information content (AvgIpc) is 3.13. The molecule has 136 valence electrons. The summed E-state index contributed by atoms with van der Waals surface area (Å²) in [4.78, 5) is 16.4. The van der Waals surface area contributed by atoms with Crippen molar-refractivity contribution in [1.82, 2.24) is 19.9 Å². The smallest absolute Gasteiger partial charge is 0.422 e. The van der Waals surface area contributed by atoms with Gasteiger partial charge in [0.15, 0.2) is 0 Å². The fourth-order valence-electron chi connectivity index (χ4n) is 2.38. The minimum Gasteiger partial charge on any atom is -0.496 e. The molecule has 0 fully saturated rings. The third-order valence-electron chi connectivity index (χ3n) is 3.47. The molecule has 7 nitrogen and oxygen atoms in total. The Morgan fingerprint density at radius 1 is 1.23 bits per heavy atom. The zero-order valence-corrected chi connectivity index (χ0v) is 14.4. The zero-order chi connectivity index (χ0) is 18.9. The number of nitrogen functional groups attached to an aromatic ring is 1. The summed E-state index contributed by atoms with van der Waals surface area (Å²) in [5.41, 5.74) is 6.34. The Morgan fingerprint density at radius 2 is 2.00 bits per heavy atom. The van der Waals surface area contributed by atoms with Gasteiger partial charge < -0.3 is 15.8 Å². The number of hydrogen-bond donors (Lipinski definition) is 2. The number of hydrogen-bond acceptors (Lipinski definition) is 8. The predicted octanol–water partition coefficient (Wildman–Crippen LogP) is 3.31. The molecule has 0 radical (unpaired) electrons. The van der Waals surface area contributed by atoms with Gasteiger partial charge in [-0.25, -0.2) is 4.98 Å². The summed E-state index contributed by atoms with van der Waals surface area (Å²) in [5, 5.41) is 2.41. The van der Waals surface area contributed by atoms with Gasteiger partial charge in [-0.1, -0.05) is 0 Å². The standard InChI is InChI=1S/C15H13F3N6OS/c1-20-13-11(15(16,17)18)12(23-14(19)24-13)7-4-22-8(3-9(7)25-2)10-5-21-6-26-10/h3-6H,1-2H3,(H3,19,20,23,24). The van der Waals surface area contributed by atoms with Crippen LogP contribution in [0.25, 0.3) is 21.8 Å². The van der Waals surface area contributed by atoms with E-state index in [2.05, 4.69) is 25.3 Å². The van der Waals surface area contributed by atoms with Gasteiger partial charge in [-0.2, -0.15) is 18.2 Å². The minimum absolute atomic E-state index is 0.0543. The van der Waals surface area contributed by atoms with E-state index >= 15 is 0 Å². The molecule has 0 aliphatic heterocycles. The second kappa shape index (κ2) is 6.75. The van der Waals surface area contributed by atoms with Gasteiger partial charge in [0.2, 0.25) is 5.95 Å². The summed E-state index contributed by atoms with van der Waals surface area (Å²) in [6.07, 6.45) is -1.83. The fraction of sp³-hybridized carbons (Fsp3) is 0.200. The molecule has 0 spiro atoms. The Labute approximate surface area is 150 Å². The van der Waals surface area contributed by atoms with Crippen molar-refractivity contribution in [3.05, 3.63) is 29.5 Å². The molecular weight excluding hydrogens is 369 g/mol. The summed E-state index contributed by atoms with van der Waals surface area (Å²) in [6.45, 7) is 0. The number of nitrogens with zero attached hydrogens (tertiary/aromatic N) is 4. The first-order valence-electron chi connectivity index (χ1n) is 7.21. The Hall–Kier alpha value is -2.95. The lowest BCUT2D eigenvalue weighted by atomic mass is 10.1. The highest BCUT2D eigenvalue weighted by molar-refractivity contribution is 7.13. The molecule has 0 aliphatic rings. The molecule has 3 heterocycles. The van der Waals surface area contributed by atoms with E-state index in [0.717, 1.165) is 4.88 Å². The molecule has 0 bridgehead atoms. The molecule has 3 N–H and O–H groups in total. The van der Waals surface area contributed by atoms with Gasteiger partial charge in [0.1, 0.15) is 17.1 Å². The molecule has 26 heavy (non-hydrogen) atoms. The van der Waals surface area contributed by atoms with Gasteiger partial charge in [0.05, 0.1) is 34.4 Å². The van der Waals surface area contributed by atoms with Crippen molar-refractivity contribution in [1.29, 1.82) is 0 Å². The molecular formula is C15H13F3N6OS. The molecule has 3 aromatic rings. The number of nitrogens with one attached hydrogen (secondary N) is 1. The van der Waals surface area contributed by atoms with Crippen LogP contribution in [0.4, 0.5) is 24.9 Å². The van der Waals surface area contributed by atoms with E-state index in [0.29, 0.717) is 5.69 Å². The van der Waals surface area contributed by atoms with Crippen molar-refractivity contribution in [3.63, 3.8) is 0 Å². The van der Waals surface area contributed by atoms with Gasteiger partial charge in [0, 0.05) is 25.5 Å². The summed E-state index contributed by atoms with van der Waals surface area (Å²) >= 11 is 1.35. The van der Waals surface area contributed by atoms with Crippen LogP contribution >= 0.6 is 11.3 Å². The van der Waals surface area contributed by atoms with E-state index in [9.17, 15) is 13.2 Å². The lowest BCUT2D eigenvalue weighted by Crippen LogP contribution is -2.15. The first kappa shape index (κ1) is 17.9. The fourth-order valence-corrected chi connectivity index (χ4v) is 2.97. The molecule has 0 amide bonds. The molecule has 3 rings (SSSR count). The van der Waals surface area contributed by atoms with Crippen LogP contribution in [-0.4, -0.2) is 34.1 Å². The van der Waals surface area contributed by atoms with Crippen molar-refractivity contribution in [2.75, 3.05) is 25.2 Å². The van der Waals surface area contributed by atoms with Crippen LogP contribution in [0, 0.1) is 0 Å². The zero-order valence-electron chi connectivity index (χ0n) is 13.6. The van der Waals surface area contributed by atoms with Crippen LogP contribution in [0.1, 0.15) is 5.56 Å². The predicted molar refractivity (Wildman–Crippen MR) is 91.9 cm³/mol. The number of ether oxygens (including phenoxy) is 1. The van der Waals surface area contributed by atoms with E-state index in [1.54, 1.807) is 11.7 Å². The molecule has 3 aromatic heterocycles. The Morgan fingerprint density at radius 3 is 2.58 bits per heavy atom. The number of pyridine rings is 1. The van der Waals surface area contributed by atoms with E-state index in [4.69, 9.17) is 10.5 Å². The maximum absolute atomic E-state index is 13.6. The van der Waals surface area contributed by atoms with Gasteiger partial charge in [0.25, 0.3) is 0 Å². The highest BCUT2D eigenvalue weighted by Crippen LogP contribution is 2.43. The summed E-state index contributed by atoms with van der Waals surface area (Å²) < 4.78 is 46.1. The lowest BCUT2D eigenvalue weighted by Gasteiger charge is -2.17. The normalized spacial score (nSPS) is 11.4. The lowest BCUT2D eigenvalue weighted by molar-refractivity contribution is -0.136. The number of methoxy groups -OCH3 is 1. The van der Waals surface area contributed by atoms with Crippen molar-refractivity contribution in [2.24, 2.45) is 0 Å². The Balaban J connectivity index is 2.25. The van der Waals surface area contributed by atoms with E-state index in [-0.39, 0.29) is 17.3 Å². The molecule has 0 aromatic carbocycles. The molecule has 0 saturated carbocycles. The van der Waals surface area contributed by atoms with Crippen LogP contribution < -0.4 is 15.8 Å². The third-order valence-corrected chi connectivity index (χ3v) is 4.27. The number of thiazole rings is 1. The average molecular weight is 382 g/mol. The number of halogens is 3. The minimum atomic E-state index is -4.71. The second-order valence-corrected chi connectivity index (χ2v) is 5.92. The third kappa shape index (κ3) is 3.25. The molecule has 11 heteroatoms. The number of alkyl halides is 3. The van der Waals surface area contributed by atoms with Crippen LogP contribution in [0.3, 0.4) is 0 Å². The number of rotatable bonds is 4. The monoisotopic (exact) mass is 382 g/mol. The summed E-state index contributed by atoms with van der Waals surface area (Å²) in [7, 11) is 2.68.